The molecule has 5 atom stereocenters. The van der Waals surface area contributed by atoms with Crippen molar-refractivity contribution in [2.24, 2.45) is 0 Å². The molecule has 0 heterocycles. The van der Waals surface area contributed by atoms with E-state index in [1.54, 1.807) is 0 Å². The van der Waals surface area contributed by atoms with E-state index in [1.807, 2.05) is 68.0 Å². The maximum Gasteiger partial charge on any atom is 0.471 e. The summed E-state index contributed by atoms with van der Waals surface area (Å²) in [5.74, 6) is -4.77. The lowest BCUT2D eigenvalue weighted by atomic mass is 9.76. The Hall–Kier alpha value is -2.80. The molecule has 11 nitrogen and oxygen atoms in total. The SMILES string of the molecule is COC(=O)[C@]1(OP(OCc2ccccc2)N(C(C)C)C(C)C)C[C@H](NC(=O)C(F)(F)F)[C@@H](NC(C)=O)[C@H](OC(C)=O)C1. The van der Waals surface area contributed by atoms with Crippen LogP contribution >= 0.6 is 8.53 Å². The van der Waals surface area contributed by atoms with Crippen molar-refractivity contribution in [2.45, 2.75) is 103 Å². The first kappa shape index (κ1) is 35.4. The summed E-state index contributed by atoms with van der Waals surface area (Å²) in [6.45, 7) is 9.81. The van der Waals surface area contributed by atoms with Crippen LogP contribution in [0.3, 0.4) is 0 Å². The number of methoxy groups -OCH3 is 1. The van der Waals surface area contributed by atoms with Crippen LogP contribution < -0.4 is 10.6 Å². The number of esters is 2. The van der Waals surface area contributed by atoms with Gasteiger partial charge >= 0.3 is 24.0 Å². The molecule has 2 rings (SSSR count). The number of hydrogen-bond acceptors (Lipinski definition) is 9. The van der Waals surface area contributed by atoms with Crippen molar-refractivity contribution in [1.82, 2.24) is 15.3 Å². The summed E-state index contributed by atoms with van der Waals surface area (Å²) in [7, 11) is -1.02. The van der Waals surface area contributed by atoms with Gasteiger partial charge in [-0.05, 0) is 33.3 Å². The number of nitrogens with one attached hydrogen (secondary N) is 2. The smallest absolute Gasteiger partial charge is 0.467 e. The van der Waals surface area contributed by atoms with Crippen LogP contribution in [0.1, 0.15) is 59.9 Å². The molecule has 1 aromatic carbocycles. The Morgan fingerprint density at radius 1 is 1.02 bits per heavy atom. The molecule has 0 aliphatic heterocycles. The lowest BCUT2D eigenvalue weighted by Crippen LogP contribution is -2.67. The molecule has 236 valence electrons. The molecule has 2 N–H and O–H groups in total. The van der Waals surface area contributed by atoms with Gasteiger partial charge in [0.05, 0.1) is 25.8 Å². The van der Waals surface area contributed by atoms with Gasteiger partial charge in [-0.1, -0.05) is 30.3 Å². The van der Waals surface area contributed by atoms with Crippen LogP contribution in [0.25, 0.3) is 0 Å². The summed E-state index contributed by atoms with van der Waals surface area (Å²) in [4.78, 5) is 49.6. The van der Waals surface area contributed by atoms with Crippen molar-refractivity contribution >= 4 is 32.3 Å². The zero-order valence-corrected chi connectivity index (χ0v) is 25.6. The third kappa shape index (κ3) is 9.62. The Morgan fingerprint density at radius 3 is 2.10 bits per heavy atom. The lowest BCUT2D eigenvalue weighted by Gasteiger charge is -2.48. The standard InChI is InChI=1S/C27H39F3N3O8P/c1-16(2)33(17(3)4)42(39-15-20-11-9-8-10-12-20)41-26(25(37)38-7)13-21(32-24(36)27(28,29)30)23(31-18(5)34)22(14-26)40-19(6)35/h8-12,16-17,21-23H,13-15H2,1-7H3,(H,31,34)(H,32,36)/t21-,22+,23+,26-,42?/m0/s1. The fraction of sp³-hybridized carbons (Fsp3) is 0.630. The number of carbonyl (C=O) groups excluding carboxylic acids is 4. The average Bonchev–Trinajstić information content (AvgIpc) is 2.87. The van der Waals surface area contributed by atoms with E-state index in [4.69, 9.17) is 18.5 Å². The van der Waals surface area contributed by atoms with Gasteiger partial charge in [0.2, 0.25) is 5.91 Å². The van der Waals surface area contributed by atoms with Crippen LogP contribution in [0.5, 0.6) is 0 Å². The Morgan fingerprint density at radius 2 is 1.62 bits per heavy atom. The normalized spacial score (nSPS) is 23.4. The molecule has 0 spiro atoms. The molecule has 1 fully saturated rings. The largest absolute Gasteiger partial charge is 0.471 e. The van der Waals surface area contributed by atoms with E-state index >= 15 is 0 Å². The number of nitrogens with zero attached hydrogens (tertiary/aromatic N) is 1. The monoisotopic (exact) mass is 621 g/mol. The molecule has 1 aliphatic rings. The first-order valence-corrected chi connectivity index (χ1v) is 14.5. The van der Waals surface area contributed by atoms with Gasteiger partial charge in [0.15, 0.2) is 5.60 Å². The van der Waals surface area contributed by atoms with Crippen molar-refractivity contribution < 1.29 is 50.9 Å². The van der Waals surface area contributed by atoms with Crippen molar-refractivity contribution in [1.29, 1.82) is 0 Å². The third-order valence-corrected chi connectivity index (χ3v) is 8.57. The van der Waals surface area contributed by atoms with Crippen LogP contribution in [0.15, 0.2) is 30.3 Å². The molecule has 0 bridgehead atoms. The van der Waals surface area contributed by atoms with Gasteiger partial charge in [-0.15, -0.1) is 0 Å². The minimum Gasteiger partial charge on any atom is -0.467 e. The summed E-state index contributed by atoms with van der Waals surface area (Å²) >= 11 is 0. The van der Waals surface area contributed by atoms with Gasteiger partial charge in [-0.25, -0.2) is 9.46 Å². The summed E-state index contributed by atoms with van der Waals surface area (Å²) in [5, 5.41) is 4.31. The molecule has 42 heavy (non-hydrogen) atoms. The number of hydrogen-bond donors (Lipinski definition) is 2. The fourth-order valence-corrected chi connectivity index (χ4v) is 6.67. The van der Waals surface area contributed by atoms with Crippen molar-refractivity contribution in [3.8, 4) is 0 Å². The van der Waals surface area contributed by atoms with E-state index in [2.05, 4.69) is 5.32 Å². The van der Waals surface area contributed by atoms with E-state index in [0.29, 0.717) is 0 Å². The van der Waals surface area contributed by atoms with E-state index in [0.717, 1.165) is 26.5 Å². The van der Waals surface area contributed by atoms with Crippen LogP contribution in [-0.4, -0.2) is 77.6 Å². The third-order valence-electron chi connectivity index (χ3n) is 6.42. The Balaban J connectivity index is 2.64. The lowest BCUT2D eigenvalue weighted by molar-refractivity contribution is -0.182. The molecule has 15 heteroatoms. The second-order valence-electron chi connectivity index (χ2n) is 10.5. The molecule has 0 saturated heterocycles. The number of amides is 2. The first-order chi connectivity index (χ1) is 19.5. The van der Waals surface area contributed by atoms with E-state index in [9.17, 15) is 32.3 Å². The zero-order valence-electron chi connectivity index (χ0n) is 24.7. The minimum atomic E-state index is -5.28. The van der Waals surface area contributed by atoms with Crippen LogP contribution in [-0.2, 0) is 44.3 Å². The van der Waals surface area contributed by atoms with Crippen LogP contribution in [0, 0.1) is 0 Å². The molecular formula is C27H39F3N3O8P. The zero-order chi connectivity index (χ0) is 31.8. The highest BCUT2D eigenvalue weighted by atomic mass is 31.2. The highest BCUT2D eigenvalue weighted by Gasteiger charge is 2.57. The van der Waals surface area contributed by atoms with Gasteiger partial charge in [0, 0.05) is 38.8 Å². The molecule has 2 amide bonds. The summed E-state index contributed by atoms with van der Waals surface area (Å²) in [5.41, 5.74) is -1.24. The molecule has 1 aliphatic carbocycles. The molecule has 0 aromatic heterocycles. The van der Waals surface area contributed by atoms with Gasteiger partial charge in [-0.3, -0.25) is 14.4 Å². The first-order valence-electron chi connectivity index (χ1n) is 13.4. The number of benzene rings is 1. The number of ether oxygens (including phenoxy) is 2. The highest BCUT2D eigenvalue weighted by molar-refractivity contribution is 7.44. The number of rotatable bonds is 12. The second-order valence-corrected chi connectivity index (χ2v) is 11.9. The van der Waals surface area contributed by atoms with E-state index in [-0.39, 0.29) is 18.7 Å². The predicted molar refractivity (Wildman–Crippen MR) is 146 cm³/mol. The summed E-state index contributed by atoms with van der Waals surface area (Å²) < 4.78 is 65.0. The maximum atomic E-state index is 13.5. The summed E-state index contributed by atoms with van der Waals surface area (Å²) in [6.07, 6.45) is -7.61. The topological polar surface area (TPSA) is 133 Å². The highest BCUT2D eigenvalue weighted by Crippen LogP contribution is 2.53. The molecule has 1 saturated carbocycles. The van der Waals surface area contributed by atoms with E-state index in [1.165, 1.54) is 0 Å². The molecular weight excluding hydrogens is 582 g/mol. The van der Waals surface area contributed by atoms with Gasteiger partial charge in [0.25, 0.3) is 8.53 Å². The Labute approximate surface area is 244 Å². The van der Waals surface area contributed by atoms with Gasteiger partial charge in [-0.2, -0.15) is 13.2 Å². The van der Waals surface area contributed by atoms with Gasteiger partial charge in [0.1, 0.15) is 6.10 Å². The number of carbonyl (C=O) groups is 4. The fourth-order valence-electron chi connectivity index (χ4n) is 4.86. The molecule has 0 radical (unpaired) electrons. The minimum absolute atomic E-state index is 0.0792. The molecule has 1 aromatic rings. The molecule has 1 unspecified atom stereocenters. The van der Waals surface area contributed by atoms with Crippen molar-refractivity contribution in [3.05, 3.63) is 35.9 Å². The average molecular weight is 622 g/mol. The Bertz CT molecular complexity index is 1080. The van der Waals surface area contributed by atoms with Gasteiger partial charge < -0.3 is 29.2 Å². The van der Waals surface area contributed by atoms with Crippen molar-refractivity contribution in [3.63, 3.8) is 0 Å². The maximum absolute atomic E-state index is 13.5. The van der Waals surface area contributed by atoms with E-state index < -0.39 is 75.1 Å². The van der Waals surface area contributed by atoms with Crippen molar-refractivity contribution in [2.75, 3.05) is 7.11 Å². The van der Waals surface area contributed by atoms with Crippen LogP contribution in [0.2, 0.25) is 0 Å². The quantitative estimate of drug-likeness (QED) is 0.265. The predicted octanol–water partition coefficient (Wildman–Crippen LogP) is 3.75. The van der Waals surface area contributed by atoms with Crippen LogP contribution in [0.4, 0.5) is 13.2 Å². The number of halogens is 3. The summed E-state index contributed by atoms with van der Waals surface area (Å²) in [6, 6.07) is 5.93. The second kappa shape index (κ2) is 15.1. The number of alkyl halides is 3. The Kier molecular flexibility index (Phi) is 12.7.